The highest BCUT2D eigenvalue weighted by Crippen LogP contribution is 2.32. The van der Waals surface area contributed by atoms with Crippen molar-refractivity contribution in [1.82, 2.24) is 10.2 Å². The number of fused-ring (bicyclic) bond motifs is 1. The summed E-state index contributed by atoms with van der Waals surface area (Å²) in [6.45, 7) is 3.59. The molecule has 0 saturated carbocycles. The Hall–Kier alpha value is -3.06. The SMILES string of the molecule is C[C@@H](NC(=O)c1ccc(Cl)cc1)C(=O)N1CCC(C(=O)c2ccc3c(c2)OCCO3)CC1. The lowest BCUT2D eigenvalue weighted by molar-refractivity contribution is -0.134. The normalized spacial score (nSPS) is 16.9. The first-order valence-electron chi connectivity index (χ1n) is 10.7. The zero-order valence-electron chi connectivity index (χ0n) is 17.8. The predicted molar refractivity (Wildman–Crippen MR) is 119 cm³/mol. The zero-order chi connectivity index (χ0) is 22.7. The van der Waals surface area contributed by atoms with Crippen LogP contribution in [0.4, 0.5) is 0 Å². The third kappa shape index (κ3) is 4.88. The number of hydrogen-bond acceptors (Lipinski definition) is 5. The van der Waals surface area contributed by atoms with Gasteiger partial charge in [0.25, 0.3) is 5.91 Å². The minimum atomic E-state index is -0.664. The molecule has 32 heavy (non-hydrogen) atoms. The molecule has 0 bridgehead atoms. The zero-order valence-corrected chi connectivity index (χ0v) is 18.6. The van der Waals surface area contributed by atoms with Crippen molar-refractivity contribution in [3.05, 3.63) is 58.6 Å². The monoisotopic (exact) mass is 456 g/mol. The highest BCUT2D eigenvalue weighted by atomic mass is 35.5. The maximum Gasteiger partial charge on any atom is 0.251 e. The van der Waals surface area contributed by atoms with Gasteiger partial charge in [-0.25, -0.2) is 0 Å². The van der Waals surface area contributed by atoms with Gasteiger partial charge in [0.1, 0.15) is 19.3 Å². The van der Waals surface area contributed by atoms with Gasteiger partial charge in [-0.2, -0.15) is 0 Å². The van der Waals surface area contributed by atoms with Crippen molar-refractivity contribution in [1.29, 1.82) is 0 Å². The number of ketones is 1. The van der Waals surface area contributed by atoms with Crippen LogP contribution in [0.15, 0.2) is 42.5 Å². The summed E-state index contributed by atoms with van der Waals surface area (Å²) in [5, 5.41) is 3.28. The number of hydrogen-bond donors (Lipinski definition) is 1. The number of Topliss-reactive ketones (excluding diaryl/α,β-unsaturated/α-hetero) is 1. The number of benzene rings is 2. The highest BCUT2D eigenvalue weighted by molar-refractivity contribution is 6.30. The van der Waals surface area contributed by atoms with Crippen LogP contribution in [0.5, 0.6) is 11.5 Å². The van der Waals surface area contributed by atoms with E-state index >= 15 is 0 Å². The molecule has 1 atom stereocenters. The van der Waals surface area contributed by atoms with E-state index in [4.69, 9.17) is 21.1 Å². The van der Waals surface area contributed by atoms with Crippen LogP contribution >= 0.6 is 11.6 Å². The highest BCUT2D eigenvalue weighted by Gasteiger charge is 2.31. The number of ether oxygens (including phenoxy) is 2. The lowest BCUT2D eigenvalue weighted by Gasteiger charge is -2.33. The summed E-state index contributed by atoms with van der Waals surface area (Å²) < 4.78 is 11.1. The molecule has 1 saturated heterocycles. The minimum absolute atomic E-state index is 0.0539. The van der Waals surface area contributed by atoms with E-state index in [1.807, 2.05) is 0 Å². The number of rotatable bonds is 5. The van der Waals surface area contributed by atoms with Gasteiger partial charge in [0.15, 0.2) is 17.3 Å². The van der Waals surface area contributed by atoms with Gasteiger partial charge in [-0.1, -0.05) is 11.6 Å². The van der Waals surface area contributed by atoms with E-state index in [9.17, 15) is 14.4 Å². The van der Waals surface area contributed by atoms with E-state index in [2.05, 4.69) is 5.32 Å². The van der Waals surface area contributed by atoms with Gasteiger partial charge in [0, 0.05) is 35.2 Å². The molecule has 2 aliphatic rings. The van der Waals surface area contributed by atoms with Crippen LogP contribution in [0.1, 0.15) is 40.5 Å². The fraction of sp³-hybridized carbons (Fsp3) is 0.375. The molecular formula is C24H25ClN2O5. The molecule has 1 fully saturated rings. The lowest BCUT2D eigenvalue weighted by atomic mass is 9.88. The molecule has 8 heteroatoms. The van der Waals surface area contributed by atoms with Gasteiger partial charge in [-0.05, 0) is 62.2 Å². The number of carbonyl (C=O) groups excluding carboxylic acids is 3. The fourth-order valence-electron chi connectivity index (χ4n) is 4.01. The molecule has 0 radical (unpaired) electrons. The van der Waals surface area contributed by atoms with Crippen molar-refractivity contribution in [2.45, 2.75) is 25.8 Å². The first-order chi connectivity index (χ1) is 15.4. The van der Waals surface area contributed by atoms with E-state index in [0.717, 1.165) is 0 Å². The number of nitrogens with zero attached hydrogens (tertiary/aromatic N) is 1. The molecule has 2 heterocycles. The van der Waals surface area contributed by atoms with Crippen molar-refractivity contribution < 1.29 is 23.9 Å². The van der Waals surface area contributed by atoms with Crippen molar-refractivity contribution in [3.8, 4) is 11.5 Å². The maximum absolute atomic E-state index is 13.0. The molecule has 1 N–H and O–H groups in total. The Morgan fingerprint density at radius 2 is 1.59 bits per heavy atom. The number of likely N-dealkylation sites (tertiary alicyclic amines) is 1. The van der Waals surface area contributed by atoms with E-state index in [-0.39, 0.29) is 23.5 Å². The summed E-state index contributed by atoms with van der Waals surface area (Å²) in [5.74, 6) is 0.672. The Bertz CT molecular complexity index is 1020. The molecule has 7 nitrogen and oxygen atoms in total. The number of piperidine rings is 1. The predicted octanol–water partition coefficient (Wildman–Crippen LogP) is 3.35. The molecule has 0 unspecified atom stereocenters. The smallest absolute Gasteiger partial charge is 0.251 e. The molecule has 2 amide bonds. The summed E-state index contributed by atoms with van der Waals surface area (Å²) in [7, 11) is 0. The Morgan fingerprint density at radius 3 is 2.28 bits per heavy atom. The Kier molecular flexibility index (Phi) is 6.65. The van der Waals surface area contributed by atoms with Crippen molar-refractivity contribution in [2.75, 3.05) is 26.3 Å². The molecule has 2 aromatic carbocycles. The molecule has 4 rings (SSSR count). The second-order valence-electron chi connectivity index (χ2n) is 8.02. The van der Waals surface area contributed by atoms with Crippen LogP contribution in [0, 0.1) is 5.92 Å². The van der Waals surface area contributed by atoms with Crippen LogP contribution in [-0.2, 0) is 4.79 Å². The van der Waals surface area contributed by atoms with Crippen LogP contribution in [0.2, 0.25) is 5.02 Å². The largest absolute Gasteiger partial charge is 0.486 e. The first kappa shape index (κ1) is 22.1. The number of amides is 2. The first-order valence-corrected chi connectivity index (χ1v) is 11.1. The van der Waals surface area contributed by atoms with E-state index in [1.54, 1.807) is 54.3 Å². The van der Waals surface area contributed by atoms with Crippen LogP contribution < -0.4 is 14.8 Å². The van der Waals surface area contributed by atoms with Gasteiger partial charge >= 0.3 is 0 Å². The molecule has 0 aromatic heterocycles. The third-order valence-corrected chi connectivity index (χ3v) is 6.08. The number of carbonyl (C=O) groups is 3. The summed E-state index contributed by atoms with van der Waals surface area (Å²) in [6, 6.07) is 11.1. The van der Waals surface area contributed by atoms with E-state index in [0.29, 0.717) is 66.8 Å². The Labute approximate surface area is 191 Å². The van der Waals surface area contributed by atoms with E-state index < -0.39 is 6.04 Å². The second-order valence-corrected chi connectivity index (χ2v) is 8.46. The summed E-state index contributed by atoms with van der Waals surface area (Å²) >= 11 is 5.85. The summed E-state index contributed by atoms with van der Waals surface area (Å²) in [4.78, 5) is 39.8. The second kappa shape index (κ2) is 9.61. The summed E-state index contributed by atoms with van der Waals surface area (Å²) in [5.41, 5.74) is 1.04. The topological polar surface area (TPSA) is 84.9 Å². The van der Waals surface area contributed by atoms with Crippen LogP contribution in [-0.4, -0.2) is 54.8 Å². The molecule has 168 valence electrons. The van der Waals surface area contributed by atoms with Gasteiger partial charge in [-0.3, -0.25) is 14.4 Å². The molecule has 0 aliphatic carbocycles. The van der Waals surface area contributed by atoms with Crippen LogP contribution in [0.25, 0.3) is 0 Å². The standard InChI is InChI=1S/C24H25ClN2O5/c1-15(26-23(29)17-2-5-19(25)6-3-17)24(30)27-10-8-16(9-11-27)22(28)18-4-7-20-21(14-18)32-13-12-31-20/h2-7,14-16H,8-13H2,1H3,(H,26,29)/t15-/m1/s1. The molecule has 2 aromatic rings. The third-order valence-electron chi connectivity index (χ3n) is 5.83. The van der Waals surface area contributed by atoms with Crippen molar-refractivity contribution >= 4 is 29.2 Å². The lowest BCUT2D eigenvalue weighted by Crippen LogP contribution is -2.49. The molecular weight excluding hydrogens is 432 g/mol. The fourth-order valence-corrected chi connectivity index (χ4v) is 4.14. The average molecular weight is 457 g/mol. The van der Waals surface area contributed by atoms with Crippen molar-refractivity contribution in [3.63, 3.8) is 0 Å². The maximum atomic E-state index is 13.0. The number of nitrogens with one attached hydrogen (secondary N) is 1. The summed E-state index contributed by atoms with van der Waals surface area (Å²) in [6.07, 6.45) is 1.16. The van der Waals surface area contributed by atoms with Gasteiger partial charge in [0.2, 0.25) is 5.91 Å². The minimum Gasteiger partial charge on any atom is -0.486 e. The molecule has 2 aliphatic heterocycles. The van der Waals surface area contributed by atoms with Gasteiger partial charge in [-0.15, -0.1) is 0 Å². The van der Waals surface area contributed by atoms with Gasteiger partial charge < -0.3 is 19.7 Å². The van der Waals surface area contributed by atoms with E-state index in [1.165, 1.54) is 0 Å². The average Bonchev–Trinajstić information content (AvgIpc) is 2.83. The Morgan fingerprint density at radius 1 is 0.969 bits per heavy atom. The molecule has 0 spiro atoms. The van der Waals surface area contributed by atoms with Crippen LogP contribution in [0.3, 0.4) is 0 Å². The quantitative estimate of drug-likeness (QED) is 0.697. The number of halogens is 1. The van der Waals surface area contributed by atoms with Gasteiger partial charge in [0.05, 0.1) is 0 Å². The van der Waals surface area contributed by atoms with Crippen molar-refractivity contribution in [2.24, 2.45) is 5.92 Å². The Balaban J connectivity index is 1.30.